The Hall–Kier alpha value is -4.66. The molecule has 0 bridgehead atoms. The first-order valence-electron chi connectivity index (χ1n) is 12.9. The SMILES string of the molecule is c1ccc(-c2cccc(-c3ccccc3)c2N(c2ccccc2)c2cccc3c2sc2ccccc23)cc1. The Labute approximate surface area is 226 Å². The van der Waals surface area contributed by atoms with E-state index in [9.17, 15) is 0 Å². The maximum atomic E-state index is 2.46. The lowest BCUT2D eigenvalue weighted by Gasteiger charge is -2.30. The van der Waals surface area contributed by atoms with Crippen molar-refractivity contribution < 1.29 is 0 Å². The third-order valence-corrected chi connectivity index (χ3v) is 8.28. The summed E-state index contributed by atoms with van der Waals surface area (Å²) in [7, 11) is 0. The molecular weight excluding hydrogens is 478 g/mol. The highest BCUT2D eigenvalue weighted by Gasteiger charge is 2.23. The van der Waals surface area contributed by atoms with Gasteiger partial charge in [0.25, 0.3) is 0 Å². The third kappa shape index (κ3) is 3.87. The Morgan fingerprint density at radius 1 is 0.421 bits per heavy atom. The van der Waals surface area contributed by atoms with Gasteiger partial charge in [0.05, 0.1) is 16.1 Å². The maximum Gasteiger partial charge on any atom is 0.0640 e. The molecule has 180 valence electrons. The van der Waals surface area contributed by atoms with E-state index in [1.807, 2.05) is 11.3 Å². The lowest BCUT2D eigenvalue weighted by Crippen LogP contribution is -2.12. The van der Waals surface area contributed by atoms with Gasteiger partial charge in [0, 0.05) is 32.3 Å². The van der Waals surface area contributed by atoms with Crippen LogP contribution in [0.4, 0.5) is 17.1 Å². The molecule has 0 saturated carbocycles. The van der Waals surface area contributed by atoms with Crippen molar-refractivity contribution in [2.75, 3.05) is 4.90 Å². The molecule has 0 amide bonds. The molecule has 7 aromatic rings. The summed E-state index contributed by atoms with van der Waals surface area (Å²) in [5, 5.41) is 2.60. The summed E-state index contributed by atoms with van der Waals surface area (Å²) in [5.74, 6) is 0. The molecular formula is C36H25NS. The monoisotopic (exact) mass is 503 g/mol. The first-order chi connectivity index (χ1) is 18.9. The van der Waals surface area contributed by atoms with Crippen LogP contribution in [-0.2, 0) is 0 Å². The summed E-state index contributed by atoms with van der Waals surface area (Å²) in [6.45, 7) is 0. The minimum absolute atomic E-state index is 1.14. The predicted octanol–water partition coefficient (Wildman–Crippen LogP) is 10.9. The Morgan fingerprint density at radius 2 is 0.947 bits per heavy atom. The fourth-order valence-corrected chi connectivity index (χ4v) is 6.57. The average molecular weight is 504 g/mol. The van der Waals surface area contributed by atoms with Crippen molar-refractivity contribution in [2.24, 2.45) is 0 Å². The van der Waals surface area contributed by atoms with Crippen LogP contribution < -0.4 is 4.90 Å². The largest absolute Gasteiger partial charge is 0.308 e. The van der Waals surface area contributed by atoms with Crippen molar-refractivity contribution in [2.45, 2.75) is 0 Å². The summed E-state index contributed by atoms with van der Waals surface area (Å²) in [6.07, 6.45) is 0. The van der Waals surface area contributed by atoms with Gasteiger partial charge < -0.3 is 4.90 Å². The van der Waals surface area contributed by atoms with Crippen LogP contribution in [-0.4, -0.2) is 0 Å². The van der Waals surface area contributed by atoms with Gasteiger partial charge >= 0.3 is 0 Å². The molecule has 0 atom stereocenters. The molecule has 0 fully saturated rings. The maximum absolute atomic E-state index is 2.46. The number of benzene rings is 6. The quantitative estimate of drug-likeness (QED) is 0.226. The van der Waals surface area contributed by atoms with Crippen molar-refractivity contribution in [3.05, 3.63) is 152 Å². The van der Waals surface area contributed by atoms with Crippen LogP contribution in [0.15, 0.2) is 152 Å². The van der Waals surface area contributed by atoms with Crippen molar-refractivity contribution in [1.29, 1.82) is 0 Å². The van der Waals surface area contributed by atoms with E-state index in [1.165, 1.54) is 53.8 Å². The molecule has 1 aromatic heterocycles. The molecule has 38 heavy (non-hydrogen) atoms. The molecule has 7 rings (SSSR count). The highest BCUT2D eigenvalue weighted by molar-refractivity contribution is 7.26. The average Bonchev–Trinajstić information content (AvgIpc) is 3.38. The van der Waals surface area contributed by atoms with Gasteiger partial charge in [-0.3, -0.25) is 0 Å². The highest BCUT2D eigenvalue weighted by Crippen LogP contribution is 2.50. The first-order valence-corrected chi connectivity index (χ1v) is 13.7. The molecule has 0 aliphatic carbocycles. The van der Waals surface area contributed by atoms with Crippen molar-refractivity contribution >= 4 is 48.6 Å². The summed E-state index contributed by atoms with van der Waals surface area (Å²) in [5.41, 5.74) is 8.31. The van der Waals surface area contributed by atoms with E-state index in [1.54, 1.807) is 0 Å². The fourth-order valence-electron chi connectivity index (χ4n) is 5.36. The molecule has 0 saturated heterocycles. The van der Waals surface area contributed by atoms with Gasteiger partial charge in [0.1, 0.15) is 0 Å². The second kappa shape index (κ2) is 9.66. The summed E-state index contributed by atoms with van der Waals surface area (Å²) in [4.78, 5) is 2.46. The number of para-hydroxylation sites is 2. The van der Waals surface area contributed by atoms with Crippen LogP contribution in [0.2, 0.25) is 0 Å². The van der Waals surface area contributed by atoms with E-state index in [2.05, 4.69) is 157 Å². The van der Waals surface area contributed by atoms with E-state index in [-0.39, 0.29) is 0 Å². The van der Waals surface area contributed by atoms with Crippen LogP contribution in [0, 0.1) is 0 Å². The van der Waals surface area contributed by atoms with Gasteiger partial charge in [0.2, 0.25) is 0 Å². The van der Waals surface area contributed by atoms with Gasteiger partial charge in [-0.15, -0.1) is 11.3 Å². The summed E-state index contributed by atoms with van der Waals surface area (Å²) in [6, 6.07) is 54.3. The van der Waals surface area contributed by atoms with Crippen molar-refractivity contribution in [1.82, 2.24) is 0 Å². The number of nitrogens with zero attached hydrogens (tertiary/aromatic N) is 1. The third-order valence-electron chi connectivity index (χ3n) is 7.07. The number of fused-ring (bicyclic) bond motifs is 3. The zero-order chi connectivity index (χ0) is 25.3. The summed E-state index contributed by atoms with van der Waals surface area (Å²) >= 11 is 1.87. The van der Waals surface area contributed by atoms with E-state index >= 15 is 0 Å². The topological polar surface area (TPSA) is 3.24 Å². The molecule has 0 unspecified atom stereocenters. The van der Waals surface area contributed by atoms with E-state index in [0.717, 1.165) is 5.69 Å². The smallest absolute Gasteiger partial charge is 0.0640 e. The predicted molar refractivity (Wildman–Crippen MR) is 165 cm³/mol. The number of anilines is 3. The molecule has 6 aromatic carbocycles. The Bertz CT molecular complexity index is 1800. The van der Waals surface area contributed by atoms with Crippen LogP contribution in [0.1, 0.15) is 0 Å². The Balaban J connectivity index is 1.60. The van der Waals surface area contributed by atoms with Crippen LogP contribution >= 0.6 is 11.3 Å². The molecule has 1 nitrogen and oxygen atoms in total. The zero-order valence-corrected chi connectivity index (χ0v) is 21.6. The molecule has 0 aliphatic rings. The Morgan fingerprint density at radius 3 is 1.61 bits per heavy atom. The second-order valence-corrected chi connectivity index (χ2v) is 10.4. The standard InChI is InChI=1S/C36H25NS/c1-4-14-26(15-5-1)29-21-12-22-30(27-16-6-2-7-17-27)35(29)37(28-18-8-3-9-19-28)33-24-13-23-32-31-20-10-11-25-34(31)38-36(32)33/h1-25H. The van der Waals surface area contributed by atoms with Crippen LogP contribution in [0.3, 0.4) is 0 Å². The van der Waals surface area contributed by atoms with Crippen LogP contribution in [0.25, 0.3) is 42.4 Å². The lowest BCUT2D eigenvalue weighted by molar-refractivity contribution is 1.30. The minimum Gasteiger partial charge on any atom is -0.308 e. The Kier molecular flexibility index (Phi) is 5.73. The fraction of sp³-hybridized carbons (Fsp3) is 0. The summed E-state index contributed by atoms with van der Waals surface area (Å²) < 4.78 is 2.60. The lowest BCUT2D eigenvalue weighted by atomic mass is 9.94. The highest BCUT2D eigenvalue weighted by atomic mass is 32.1. The second-order valence-electron chi connectivity index (χ2n) is 9.36. The van der Waals surface area contributed by atoms with Gasteiger partial charge in [-0.2, -0.15) is 0 Å². The van der Waals surface area contributed by atoms with Gasteiger partial charge in [-0.1, -0.05) is 127 Å². The first kappa shape index (κ1) is 22.5. The van der Waals surface area contributed by atoms with E-state index < -0.39 is 0 Å². The zero-order valence-electron chi connectivity index (χ0n) is 20.8. The number of hydrogen-bond acceptors (Lipinski definition) is 2. The molecule has 2 heteroatoms. The normalized spacial score (nSPS) is 11.2. The molecule has 1 heterocycles. The van der Waals surface area contributed by atoms with E-state index in [4.69, 9.17) is 0 Å². The number of hydrogen-bond donors (Lipinski definition) is 0. The van der Waals surface area contributed by atoms with Crippen molar-refractivity contribution in [3.63, 3.8) is 0 Å². The molecule has 0 spiro atoms. The molecule has 0 radical (unpaired) electrons. The van der Waals surface area contributed by atoms with E-state index in [0.29, 0.717) is 0 Å². The van der Waals surface area contributed by atoms with Crippen LogP contribution in [0.5, 0.6) is 0 Å². The van der Waals surface area contributed by atoms with Gasteiger partial charge in [-0.05, 0) is 35.4 Å². The van der Waals surface area contributed by atoms with Crippen molar-refractivity contribution in [3.8, 4) is 22.3 Å². The number of thiophene rings is 1. The minimum atomic E-state index is 1.14. The number of rotatable bonds is 5. The van der Waals surface area contributed by atoms with Gasteiger partial charge in [0.15, 0.2) is 0 Å². The van der Waals surface area contributed by atoms with Gasteiger partial charge in [-0.25, -0.2) is 0 Å². The molecule has 0 aliphatic heterocycles. The molecule has 0 N–H and O–H groups in total.